The largest absolute Gasteiger partial charge is 0.391 e. The van der Waals surface area contributed by atoms with Crippen LogP contribution >= 0.6 is 0 Å². The summed E-state index contributed by atoms with van der Waals surface area (Å²) >= 11 is 0. The Hall–Kier alpha value is -2.18. The van der Waals surface area contributed by atoms with E-state index in [9.17, 15) is 5.11 Å². The number of nitrogens with zero attached hydrogens (tertiary/aromatic N) is 4. The third-order valence-corrected chi connectivity index (χ3v) is 5.39. The molecular formula is C20H26N4O2. The molecule has 0 spiro atoms. The predicted octanol–water partition coefficient (Wildman–Crippen LogP) is 2.88. The number of fused-ring (bicyclic) bond motifs is 3. The van der Waals surface area contributed by atoms with Crippen LogP contribution in [0.3, 0.4) is 0 Å². The first-order valence-electron chi connectivity index (χ1n) is 9.41. The zero-order valence-electron chi connectivity index (χ0n) is 15.4. The molecule has 1 fully saturated rings. The van der Waals surface area contributed by atoms with Crippen LogP contribution in [0.5, 0.6) is 0 Å². The standard InChI is InChI=1S/C20H26N4O2/c1-3-14(25)13-26-15-7-10-24(11-8-15)19-5-4-16-17-12-21-9-6-18(17)23(2)20(16)22-19/h4-6,9,12,14-15,25H,3,7-8,10-11,13H2,1-2H3. The number of anilines is 1. The van der Waals surface area contributed by atoms with E-state index in [1.165, 1.54) is 0 Å². The Bertz CT molecular complexity index is 899. The minimum absolute atomic E-state index is 0.236. The smallest absolute Gasteiger partial charge is 0.143 e. The average Bonchev–Trinajstić information content (AvgIpc) is 2.99. The Kier molecular flexibility index (Phi) is 4.78. The van der Waals surface area contributed by atoms with E-state index in [2.05, 4.69) is 33.6 Å². The Balaban J connectivity index is 1.50. The van der Waals surface area contributed by atoms with Gasteiger partial charge in [-0.05, 0) is 37.5 Å². The molecule has 0 amide bonds. The fourth-order valence-corrected chi connectivity index (χ4v) is 3.70. The lowest BCUT2D eigenvalue weighted by Gasteiger charge is -2.33. The number of rotatable bonds is 5. The van der Waals surface area contributed by atoms with Crippen molar-refractivity contribution in [3.05, 3.63) is 30.6 Å². The molecule has 0 aliphatic carbocycles. The number of hydrogen-bond acceptors (Lipinski definition) is 5. The van der Waals surface area contributed by atoms with Crippen LogP contribution in [-0.4, -0.2) is 51.5 Å². The van der Waals surface area contributed by atoms with Crippen molar-refractivity contribution in [3.63, 3.8) is 0 Å². The Morgan fingerprint density at radius 1 is 1.23 bits per heavy atom. The summed E-state index contributed by atoms with van der Waals surface area (Å²) in [5.74, 6) is 1.02. The lowest BCUT2D eigenvalue weighted by atomic mass is 10.1. The Labute approximate surface area is 153 Å². The Morgan fingerprint density at radius 3 is 2.81 bits per heavy atom. The SMILES string of the molecule is CCC(O)COC1CCN(c2ccc3c4cnccc4n(C)c3n2)CC1. The molecule has 3 aromatic heterocycles. The maximum absolute atomic E-state index is 9.65. The third-order valence-electron chi connectivity index (χ3n) is 5.39. The van der Waals surface area contributed by atoms with Gasteiger partial charge >= 0.3 is 0 Å². The van der Waals surface area contributed by atoms with Gasteiger partial charge in [0.1, 0.15) is 11.5 Å². The van der Waals surface area contributed by atoms with E-state index in [1.807, 2.05) is 25.4 Å². The first kappa shape index (κ1) is 17.2. The summed E-state index contributed by atoms with van der Waals surface area (Å²) in [4.78, 5) is 11.5. The molecule has 1 N–H and O–H groups in total. The highest BCUT2D eigenvalue weighted by molar-refractivity contribution is 6.06. The Morgan fingerprint density at radius 2 is 2.04 bits per heavy atom. The second kappa shape index (κ2) is 7.21. The number of aliphatic hydroxyl groups excluding tert-OH is 1. The molecule has 1 saturated heterocycles. The van der Waals surface area contributed by atoms with Crippen LogP contribution in [0.25, 0.3) is 21.9 Å². The van der Waals surface area contributed by atoms with Crippen molar-refractivity contribution in [1.29, 1.82) is 0 Å². The lowest BCUT2D eigenvalue weighted by molar-refractivity contribution is -0.0193. The van der Waals surface area contributed by atoms with E-state index < -0.39 is 0 Å². The van der Waals surface area contributed by atoms with Crippen molar-refractivity contribution >= 4 is 27.8 Å². The van der Waals surface area contributed by atoms with Gasteiger partial charge in [0.05, 0.1) is 24.3 Å². The number of aryl methyl sites for hydroxylation is 1. The van der Waals surface area contributed by atoms with Crippen molar-refractivity contribution in [3.8, 4) is 0 Å². The molecule has 0 bridgehead atoms. The molecule has 0 radical (unpaired) electrons. The van der Waals surface area contributed by atoms with Crippen molar-refractivity contribution in [1.82, 2.24) is 14.5 Å². The summed E-state index contributed by atoms with van der Waals surface area (Å²) in [7, 11) is 2.06. The zero-order chi connectivity index (χ0) is 18.1. The first-order valence-corrected chi connectivity index (χ1v) is 9.41. The molecule has 0 saturated carbocycles. The summed E-state index contributed by atoms with van der Waals surface area (Å²) in [6, 6.07) is 6.29. The topological polar surface area (TPSA) is 63.4 Å². The van der Waals surface area contributed by atoms with Crippen molar-refractivity contribution in [2.24, 2.45) is 7.05 Å². The number of pyridine rings is 2. The van der Waals surface area contributed by atoms with E-state index in [4.69, 9.17) is 9.72 Å². The number of hydrogen-bond donors (Lipinski definition) is 1. The monoisotopic (exact) mass is 354 g/mol. The van der Waals surface area contributed by atoms with E-state index in [-0.39, 0.29) is 12.2 Å². The van der Waals surface area contributed by atoms with Crippen LogP contribution in [0.2, 0.25) is 0 Å². The molecule has 1 atom stereocenters. The lowest BCUT2D eigenvalue weighted by Crippen LogP contribution is -2.38. The van der Waals surface area contributed by atoms with Crippen molar-refractivity contribution in [2.75, 3.05) is 24.6 Å². The minimum Gasteiger partial charge on any atom is -0.391 e. The fourth-order valence-electron chi connectivity index (χ4n) is 3.70. The quantitative estimate of drug-likeness (QED) is 0.763. The maximum Gasteiger partial charge on any atom is 0.143 e. The maximum atomic E-state index is 9.65. The molecule has 1 unspecified atom stereocenters. The number of aliphatic hydroxyl groups is 1. The summed E-state index contributed by atoms with van der Waals surface area (Å²) in [5.41, 5.74) is 2.15. The van der Waals surface area contributed by atoms with E-state index >= 15 is 0 Å². The van der Waals surface area contributed by atoms with Crippen molar-refractivity contribution < 1.29 is 9.84 Å². The van der Waals surface area contributed by atoms with Gasteiger partial charge in [0.15, 0.2) is 0 Å². The number of aromatic nitrogens is 3. The molecule has 6 heteroatoms. The number of ether oxygens (including phenoxy) is 1. The second-order valence-electron chi connectivity index (χ2n) is 7.07. The summed E-state index contributed by atoms with van der Waals surface area (Å²) < 4.78 is 7.98. The van der Waals surface area contributed by atoms with Crippen LogP contribution in [-0.2, 0) is 11.8 Å². The second-order valence-corrected chi connectivity index (χ2v) is 7.07. The van der Waals surface area contributed by atoms with Crippen LogP contribution in [0.1, 0.15) is 26.2 Å². The van der Waals surface area contributed by atoms with Gasteiger partial charge < -0.3 is 19.3 Å². The van der Waals surface area contributed by atoms with E-state index in [0.29, 0.717) is 6.61 Å². The highest BCUT2D eigenvalue weighted by Crippen LogP contribution is 2.29. The first-order chi connectivity index (χ1) is 12.7. The predicted molar refractivity (Wildman–Crippen MR) is 103 cm³/mol. The number of piperidine rings is 1. The highest BCUT2D eigenvalue weighted by atomic mass is 16.5. The average molecular weight is 354 g/mol. The molecule has 1 aliphatic heterocycles. The van der Waals surface area contributed by atoms with Gasteiger partial charge in [-0.1, -0.05) is 6.92 Å². The van der Waals surface area contributed by atoms with Gasteiger partial charge in [-0.25, -0.2) is 4.98 Å². The summed E-state index contributed by atoms with van der Waals surface area (Å²) in [6.45, 7) is 4.27. The molecule has 26 heavy (non-hydrogen) atoms. The molecular weight excluding hydrogens is 328 g/mol. The molecule has 4 rings (SSSR count). The molecule has 138 valence electrons. The molecule has 6 nitrogen and oxygen atoms in total. The zero-order valence-corrected chi connectivity index (χ0v) is 15.4. The van der Waals surface area contributed by atoms with Crippen LogP contribution in [0.15, 0.2) is 30.6 Å². The van der Waals surface area contributed by atoms with Gasteiger partial charge in [-0.3, -0.25) is 4.98 Å². The van der Waals surface area contributed by atoms with Gasteiger partial charge in [0.25, 0.3) is 0 Å². The van der Waals surface area contributed by atoms with Gasteiger partial charge in [-0.2, -0.15) is 0 Å². The summed E-state index contributed by atoms with van der Waals surface area (Å²) in [5, 5.41) is 11.9. The third kappa shape index (κ3) is 3.15. The summed E-state index contributed by atoms with van der Waals surface area (Å²) in [6.07, 6.45) is 6.29. The van der Waals surface area contributed by atoms with E-state index in [0.717, 1.165) is 60.1 Å². The van der Waals surface area contributed by atoms with Gasteiger partial charge in [0, 0.05) is 43.3 Å². The molecule has 1 aliphatic rings. The highest BCUT2D eigenvalue weighted by Gasteiger charge is 2.22. The fraction of sp³-hybridized carbons (Fsp3) is 0.500. The van der Waals surface area contributed by atoms with Gasteiger partial charge in [0.2, 0.25) is 0 Å². The van der Waals surface area contributed by atoms with Crippen LogP contribution < -0.4 is 4.90 Å². The van der Waals surface area contributed by atoms with Crippen molar-refractivity contribution in [2.45, 2.75) is 38.4 Å². The minimum atomic E-state index is -0.349. The van der Waals surface area contributed by atoms with Crippen LogP contribution in [0.4, 0.5) is 5.82 Å². The van der Waals surface area contributed by atoms with Gasteiger partial charge in [-0.15, -0.1) is 0 Å². The molecule has 0 aromatic carbocycles. The normalized spacial score (nSPS) is 17.3. The molecule has 4 heterocycles. The van der Waals surface area contributed by atoms with E-state index in [1.54, 1.807) is 0 Å². The van der Waals surface area contributed by atoms with Crippen LogP contribution in [0, 0.1) is 0 Å². The molecule has 3 aromatic rings.